The van der Waals surface area contributed by atoms with E-state index in [1.54, 1.807) is 18.3 Å². The van der Waals surface area contributed by atoms with Crippen molar-refractivity contribution in [2.75, 3.05) is 6.54 Å². The predicted octanol–water partition coefficient (Wildman–Crippen LogP) is -0.140. The predicted molar refractivity (Wildman–Crippen MR) is 86.6 cm³/mol. The molecule has 1 fully saturated rings. The standard InChI is InChI=1S/C16H19FN6O2/c17-11-3-1-10(2-4-11)15(16(25)20-12-5-6-12)23-9-13(21-22-23)8-19-14(24)7-18/h1-4,9,12,15H,5-8,18H2,(H,19,24)(H,20,25). The molecule has 0 spiro atoms. The van der Waals surface area contributed by atoms with Crippen molar-refractivity contribution in [3.05, 3.63) is 47.5 Å². The van der Waals surface area contributed by atoms with Crippen LogP contribution in [0.1, 0.15) is 30.1 Å². The maximum absolute atomic E-state index is 13.2. The molecular weight excluding hydrogens is 327 g/mol. The molecule has 1 unspecified atom stereocenters. The fraction of sp³-hybridized carbons (Fsp3) is 0.375. The fourth-order valence-corrected chi connectivity index (χ4v) is 2.36. The van der Waals surface area contributed by atoms with E-state index in [0.29, 0.717) is 11.3 Å². The highest BCUT2D eigenvalue weighted by Gasteiger charge is 2.30. The van der Waals surface area contributed by atoms with Gasteiger partial charge in [0.1, 0.15) is 11.5 Å². The second-order valence-corrected chi connectivity index (χ2v) is 5.91. The maximum Gasteiger partial charge on any atom is 0.249 e. The molecule has 1 atom stereocenters. The highest BCUT2D eigenvalue weighted by Crippen LogP contribution is 2.23. The molecule has 1 aromatic heterocycles. The number of halogens is 1. The summed E-state index contributed by atoms with van der Waals surface area (Å²) in [6.07, 6.45) is 3.49. The number of nitrogens with two attached hydrogens (primary N) is 1. The third-order valence-corrected chi connectivity index (χ3v) is 3.83. The molecule has 2 aromatic rings. The zero-order valence-electron chi connectivity index (χ0n) is 13.5. The van der Waals surface area contributed by atoms with Gasteiger partial charge >= 0.3 is 0 Å². The van der Waals surface area contributed by atoms with Crippen molar-refractivity contribution in [2.24, 2.45) is 5.73 Å². The highest BCUT2D eigenvalue weighted by molar-refractivity contribution is 5.84. The van der Waals surface area contributed by atoms with Gasteiger partial charge in [0.2, 0.25) is 11.8 Å². The van der Waals surface area contributed by atoms with E-state index < -0.39 is 6.04 Å². The van der Waals surface area contributed by atoms with Crippen LogP contribution in [-0.4, -0.2) is 39.4 Å². The number of carbonyl (C=O) groups excluding carboxylic acids is 2. The van der Waals surface area contributed by atoms with Gasteiger partial charge in [-0.15, -0.1) is 5.10 Å². The second kappa shape index (κ2) is 7.39. The minimum absolute atomic E-state index is 0.115. The molecule has 0 radical (unpaired) electrons. The molecule has 8 nitrogen and oxygen atoms in total. The van der Waals surface area contributed by atoms with Crippen LogP contribution in [0.2, 0.25) is 0 Å². The first-order valence-corrected chi connectivity index (χ1v) is 8.00. The van der Waals surface area contributed by atoms with E-state index >= 15 is 0 Å². The van der Waals surface area contributed by atoms with Crippen LogP contribution in [0.25, 0.3) is 0 Å². The quantitative estimate of drug-likeness (QED) is 0.645. The van der Waals surface area contributed by atoms with Crippen LogP contribution in [-0.2, 0) is 16.1 Å². The molecule has 4 N–H and O–H groups in total. The van der Waals surface area contributed by atoms with E-state index in [2.05, 4.69) is 20.9 Å². The van der Waals surface area contributed by atoms with Crippen molar-refractivity contribution in [1.82, 2.24) is 25.6 Å². The first-order valence-electron chi connectivity index (χ1n) is 8.00. The molecule has 0 bridgehead atoms. The Kier molecular flexibility index (Phi) is 5.03. The molecule has 0 aliphatic heterocycles. The lowest BCUT2D eigenvalue weighted by Gasteiger charge is -2.17. The Bertz CT molecular complexity index is 756. The minimum atomic E-state index is -0.757. The molecule has 25 heavy (non-hydrogen) atoms. The Morgan fingerprint density at radius 2 is 2.04 bits per heavy atom. The maximum atomic E-state index is 13.2. The molecule has 1 heterocycles. The van der Waals surface area contributed by atoms with Gasteiger partial charge in [0.25, 0.3) is 0 Å². The monoisotopic (exact) mass is 346 g/mol. The fourth-order valence-electron chi connectivity index (χ4n) is 2.36. The Hall–Kier alpha value is -2.81. The summed E-state index contributed by atoms with van der Waals surface area (Å²) in [4.78, 5) is 23.8. The van der Waals surface area contributed by atoms with Crippen LogP contribution in [0, 0.1) is 5.82 Å². The van der Waals surface area contributed by atoms with Gasteiger partial charge in [-0.1, -0.05) is 17.3 Å². The topological polar surface area (TPSA) is 115 Å². The third kappa shape index (κ3) is 4.38. The van der Waals surface area contributed by atoms with E-state index in [-0.39, 0.29) is 36.8 Å². The van der Waals surface area contributed by atoms with E-state index in [1.165, 1.54) is 16.8 Å². The van der Waals surface area contributed by atoms with E-state index in [0.717, 1.165) is 12.8 Å². The Balaban J connectivity index is 1.81. The van der Waals surface area contributed by atoms with E-state index in [4.69, 9.17) is 5.73 Å². The van der Waals surface area contributed by atoms with Gasteiger partial charge in [-0.3, -0.25) is 9.59 Å². The lowest BCUT2D eigenvalue weighted by atomic mass is 10.1. The third-order valence-electron chi connectivity index (χ3n) is 3.83. The summed E-state index contributed by atoms with van der Waals surface area (Å²) in [5.74, 6) is -0.915. The van der Waals surface area contributed by atoms with Gasteiger partial charge in [-0.2, -0.15) is 0 Å². The first kappa shape index (κ1) is 17.0. The van der Waals surface area contributed by atoms with Crippen LogP contribution in [0.3, 0.4) is 0 Å². The molecular formula is C16H19FN6O2. The number of aromatic nitrogens is 3. The largest absolute Gasteiger partial charge is 0.351 e. The van der Waals surface area contributed by atoms with Crippen LogP contribution in [0.4, 0.5) is 4.39 Å². The summed E-state index contributed by atoms with van der Waals surface area (Å²) in [5.41, 5.74) is 6.33. The average molecular weight is 346 g/mol. The Labute approximate surface area is 143 Å². The molecule has 1 aliphatic rings. The summed E-state index contributed by atoms with van der Waals surface area (Å²) in [6, 6.07) is 5.11. The molecule has 3 rings (SSSR count). The van der Waals surface area contributed by atoms with Gasteiger partial charge < -0.3 is 16.4 Å². The number of amides is 2. The van der Waals surface area contributed by atoms with Gasteiger partial charge in [0.15, 0.2) is 6.04 Å². The smallest absolute Gasteiger partial charge is 0.249 e. The van der Waals surface area contributed by atoms with Crippen LogP contribution >= 0.6 is 0 Å². The number of hydrogen-bond donors (Lipinski definition) is 3. The molecule has 0 saturated heterocycles. The number of hydrogen-bond acceptors (Lipinski definition) is 5. The summed E-state index contributed by atoms with van der Waals surface area (Å²) in [6.45, 7) is 0.0482. The van der Waals surface area contributed by atoms with Crippen LogP contribution < -0.4 is 16.4 Å². The number of carbonyl (C=O) groups is 2. The summed E-state index contributed by atoms with van der Waals surface area (Å²) < 4.78 is 14.6. The van der Waals surface area contributed by atoms with Crippen molar-refractivity contribution < 1.29 is 14.0 Å². The zero-order chi connectivity index (χ0) is 17.8. The van der Waals surface area contributed by atoms with E-state index in [9.17, 15) is 14.0 Å². The summed E-state index contributed by atoms with van der Waals surface area (Å²) in [7, 11) is 0. The molecule has 132 valence electrons. The number of rotatable bonds is 7. The van der Waals surface area contributed by atoms with Gasteiger partial charge in [-0.05, 0) is 30.5 Å². The Morgan fingerprint density at radius 1 is 1.32 bits per heavy atom. The van der Waals surface area contributed by atoms with Crippen molar-refractivity contribution in [1.29, 1.82) is 0 Å². The van der Waals surface area contributed by atoms with Crippen molar-refractivity contribution in [2.45, 2.75) is 31.5 Å². The average Bonchev–Trinajstić information content (AvgIpc) is 3.30. The minimum Gasteiger partial charge on any atom is -0.351 e. The van der Waals surface area contributed by atoms with Gasteiger partial charge in [0, 0.05) is 6.04 Å². The lowest BCUT2D eigenvalue weighted by molar-refractivity contribution is -0.123. The van der Waals surface area contributed by atoms with E-state index in [1.807, 2.05) is 0 Å². The Morgan fingerprint density at radius 3 is 2.68 bits per heavy atom. The first-order chi connectivity index (χ1) is 12.1. The normalized spacial score (nSPS) is 14.8. The molecule has 1 saturated carbocycles. The summed E-state index contributed by atoms with van der Waals surface area (Å²) >= 11 is 0. The zero-order valence-corrected chi connectivity index (χ0v) is 13.5. The van der Waals surface area contributed by atoms with Crippen molar-refractivity contribution >= 4 is 11.8 Å². The van der Waals surface area contributed by atoms with Crippen molar-refractivity contribution in [3.63, 3.8) is 0 Å². The van der Waals surface area contributed by atoms with Gasteiger partial charge in [0.05, 0.1) is 19.3 Å². The molecule has 1 aliphatic carbocycles. The van der Waals surface area contributed by atoms with Crippen LogP contribution in [0.15, 0.2) is 30.5 Å². The molecule has 9 heteroatoms. The number of nitrogens with zero attached hydrogens (tertiary/aromatic N) is 3. The highest BCUT2D eigenvalue weighted by atomic mass is 19.1. The second-order valence-electron chi connectivity index (χ2n) is 5.91. The van der Waals surface area contributed by atoms with Crippen molar-refractivity contribution in [3.8, 4) is 0 Å². The molecule has 1 aromatic carbocycles. The molecule has 2 amide bonds. The SMILES string of the molecule is NCC(=O)NCc1cn(C(C(=O)NC2CC2)c2ccc(F)cc2)nn1. The van der Waals surface area contributed by atoms with Crippen LogP contribution in [0.5, 0.6) is 0 Å². The number of benzene rings is 1. The number of nitrogens with one attached hydrogen (secondary N) is 2. The summed E-state index contributed by atoms with van der Waals surface area (Å²) in [5, 5.41) is 13.5. The van der Waals surface area contributed by atoms with Gasteiger partial charge in [-0.25, -0.2) is 9.07 Å². The lowest BCUT2D eigenvalue weighted by Crippen LogP contribution is -2.35.